The zero-order chi connectivity index (χ0) is 12.3. The largest absolute Gasteiger partial charge is 0.361 e. The molecule has 0 aliphatic rings. The van der Waals surface area contributed by atoms with E-state index in [0.29, 0.717) is 4.75 Å². The number of hydrogen-bond acceptors (Lipinski definition) is 2. The minimum absolute atomic E-state index is 0.298. The van der Waals surface area contributed by atoms with Gasteiger partial charge in [0, 0.05) is 34.9 Å². The molecule has 0 spiro atoms. The summed E-state index contributed by atoms with van der Waals surface area (Å²) in [5.74, 6) is 0. The number of H-pyrrole nitrogens is 1. The molecule has 0 bridgehead atoms. The lowest BCUT2D eigenvalue weighted by molar-refractivity contribution is 0.592. The Morgan fingerprint density at radius 3 is 2.82 bits per heavy atom. The Bertz CT molecular complexity index is 488. The predicted octanol–water partition coefficient (Wildman–Crippen LogP) is 3.40. The number of benzene rings is 1. The predicted molar refractivity (Wildman–Crippen MR) is 77.6 cm³/mol. The van der Waals surface area contributed by atoms with Crippen molar-refractivity contribution in [3.8, 4) is 0 Å². The third kappa shape index (κ3) is 3.05. The van der Waals surface area contributed by atoms with Crippen LogP contribution in [0.15, 0.2) is 30.5 Å². The summed E-state index contributed by atoms with van der Waals surface area (Å²) in [7, 11) is 0. The molecule has 0 aliphatic heterocycles. The van der Waals surface area contributed by atoms with Gasteiger partial charge >= 0.3 is 0 Å². The van der Waals surface area contributed by atoms with Crippen LogP contribution in [0.3, 0.4) is 0 Å². The summed E-state index contributed by atoms with van der Waals surface area (Å²) in [6.07, 6.45) is 4.26. The fraction of sp³-hybridized carbons (Fsp3) is 0.429. The van der Waals surface area contributed by atoms with Crippen molar-refractivity contribution >= 4 is 22.7 Å². The van der Waals surface area contributed by atoms with Gasteiger partial charge in [-0.2, -0.15) is 11.8 Å². The first-order valence-electron chi connectivity index (χ1n) is 5.93. The highest BCUT2D eigenvalue weighted by atomic mass is 32.2. The number of para-hydroxylation sites is 1. The molecule has 0 atom stereocenters. The lowest BCUT2D eigenvalue weighted by atomic mass is 10.1. The SMILES string of the molecule is CSC(C)(C)CNCc1c[nH]c2ccccc12. The van der Waals surface area contributed by atoms with E-state index in [1.165, 1.54) is 16.5 Å². The number of thioether (sulfide) groups is 1. The third-order valence-corrected chi connectivity index (χ3v) is 4.34. The van der Waals surface area contributed by atoms with E-state index < -0.39 is 0 Å². The summed E-state index contributed by atoms with van der Waals surface area (Å²) >= 11 is 1.90. The number of fused-ring (bicyclic) bond motifs is 1. The summed E-state index contributed by atoms with van der Waals surface area (Å²) in [6, 6.07) is 8.44. The molecular weight excluding hydrogens is 228 g/mol. The first-order chi connectivity index (χ1) is 8.12. The van der Waals surface area contributed by atoms with Gasteiger partial charge in [-0.05, 0) is 31.7 Å². The average Bonchev–Trinajstić information content (AvgIpc) is 2.73. The molecule has 2 nitrogen and oxygen atoms in total. The van der Waals surface area contributed by atoms with Gasteiger partial charge < -0.3 is 10.3 Å². The van der Waals surface area contributed by atoms with Crippen LogP contribution in [0.2, 0.25) is 0 Å². The smallest absolute Gasteiger partial charge is 0.0457 e. The Balaban J connectivity index is 2.00. The van der Waals surface area contributed by atoms with Crippen molar-refractivity contribution in [3.05, 3.63) is 36.0 Å². The molecule has 17 heavy (non-hydrogen) atoms. The maximum atomic E-state index is 3.53. The maximum absolute atomic E-state index is 3.53. The molecule has 2 rings (SSSR count). The van der Waals surface area contributed by atoms with Crippen molar-refractivity contribution in [2.45, 2.75) is 25.1 Å². The molecule has 0 saturated heterocycles. The number of rotatable bonds is 5. The highest BCUT2D eigenvalue weighted by Gasteiger charge is 2.15. The molecule has 3 heteroatoms. The molecule has 1 aromatic heterocycles. The highest BCUT2D eigenvalue weighted by Crippen LogP contribution is 2.21. The molecule has 0 aliphatic carbocycles. The number of nitrogens with one attached hydrogen (secondary N) is 2. The summed E-state index contributed by atoms with van der Waals surface area (Å²) in [5.41, 5.74) is 2.56. The van der Waals surface area contributed by atoms with Crippen LogP contribution in [-0.2, 0) is 6.54 Å². The van der Waals surface area contributed by atoms with Gasteiger partial charge in [-0.3, -0.25) is 0 Å². The summed E-state index contributed by atoms with van der Waals surface area (Å²) in [6.45, 7) is 6.47. The van der Waals surface area contributed by atoms with Gasteiger partial charge in [-0.25, -0.2) is 0 Å². The van der Waals surface area contributed by atoms with Gasteiger partial charge in [0.05, 0.1) is 0 Å². The van der Waals surface area contributed by atoms with E-state index >= 15 is 0 Å². The number of aromatic amines is 1. The van der Waals surface area contributed by atoms with Gasteiger partial charge in [0.25, 0.3) is 0 Å². The minimum Gasteiger partial charge on any atom is -0.361 e. The minimum atomic E-state index is 0.298. The summed E-state index contributed by atoms with van der Waals surface area (Å²) in [4.78, 5) is 3.30. The first-order valence-corrected chi connectivity index (χ1v) is 7.16. The van der Waals surface area contributed by atoms with Crippen molar-refractivity contribution < 1.29 is 0 Å². The van der Waals surface area contributed by atoms with Crippen LogP contribution in [0.1, 0.15) is 19.4 Å². The molecule has 1 aromatic carbocycles. The molecule has 0 radical (unpaired) electrons. The van der Waals surface area contributed by atoms with Gasteiger partial charge in [-0.1, -0.05) is 18.2 Å². The molecule has 2 N–H and O–H groups in total. The van der Waals surface area contributed by atoms with E-state index in [-0.39, 0.29) is 0 Å². The van der Waals surface area contributed by atoms with E-state index in [1.807, 2.05) is 11.8 Å². The molecule has 2 aromatic rings. The molecule has 1 heterocycles. The Morgan fingerprint density at radius 1 is 1.29 bits per heavy atom. The van der Waals surface area contributed by atoms with Crippen LogP contribution in [0, 0.1) is 0 Å². The van der Waals surface area contributed by atoms with Crippen LogP contribution in [0.4, 0.5) is 0 Å². The summed E-state index contributed by atoms with van der Waals surface area (Å²) in [5, 5.41) is 4.85. The quantitative estimate of drug-likeness (QED) is 0.849. The molecule has 0 amide bonds. The van der Waals surface area contributed by atoms with Crippen molar-refractivity contribution in [2.75, 3.05) is 12.8 Å². The molecular formula is C14H20N2S. The fourth-order valence-corrected chi connectivity index (χ4v) is 2.09. The van der Waals surface area contributed by atoms with Crippen LogP contribution >= 0.6 is 11.8 Å². The van der Waals surface area contributed by atoms with Crippen molar-refractivity contribution in [1.29, 1.82) is 0 Å². The Morgan fingerprint density at radius 2 is 2.06 bits per heavy atom. The highest BCUT2D eigenvalue weighted by molar-refractivity contribution is 7.99. The Labute approximate surface area is 107 Å². The third-order valence-electron chi connectivity index (χ3n) is 3.09. The molecule has 0 unspecified atom stereocenters. The fourth-order valence-electron chi connectivity index (χ4n) is 1.85. The lowest BCUT2D eigenvalue weighted by Crippen LogP contribution is -2.31. The second-order valence-electron chi connectivity index (χ2n) is 4.93. The number of aromatic nitrogens is 1. The maximum Gasteiger partial charge on any atom is 0.0457 e. The topological polar surface area (TPSA) is 27.8 Å². The lowest BCUT2D eigenvalue weighted by Gasteiger charge is -2.22. The Hall–Kier alpha value is -0.930. The van der Waals surface area contributed by atoms with Crippen LogP contribution in [0.5, 0.6) is 0 Å². The van der Waals surface area contributed by atoms with Gasteiger partial charge in [0.1, 0.15) is 0 Å². The second kappa shape index (κ2) is 5.15. The van der Waals surface area contributed by atoms with Crippen molar-refractivity contribution in [2.24, 2.45) is 0 Å². The van der Waals surface area contributed by atoms with Gasteiger partial charge in [0.15, 0.2) is 0 Å². The van der Waals surface area contributed by atoms with Crippen molar-refractivity contribution in [1.82, 2.24) is 10.3 Å². The van der Waals surface area contributed by atoms with E-state index in [2.05, 4.69) is 60.9 Å². The Kier molecular flexibility index (Phi) is 3.79. The summed E-state index contributed by atoms with van der Waals surface area (Å²) < 4.78 is 0.298. The zero-order valence-electron chi connectivity index (χ0n) is 10.7. The van der Waals surface area contributed by atoms with Crippen molar-refractivity contribution in [3.63, 3.8) is 0 Å². The van der Waals surface area contributed by atoms with Gasteiger partial charge in [0.2, 0.25) is 0 Å². The molecule has 0 fully saturated rings. The van der Waals surface area contributed by atoms with E-state index in [1.54, 1.807) is 0 Å². The number of hydrogen-bond donors (Lipinski definition) is 2. The molecule has 92 valence electrons. The monoisotopic (exact) mass is 248 g/mol. The standard InChI is InChI=1S/C14H20N2S/c1-14(2,17-3)10-15-8-11-9-16-13-7-5-4-6-12(11)13/h4-7,9,15-16H,8,10H2,1-3H3. The normalized spacial score (nSPS) is 12.2. The first kappa shape index (κ1) is 12.5. The van der Waals surface area contributed by atoms with Crippen LogP contribution in [0.25, 0.3) is 10.9 Å². The van der Waals surface area contributed by atoms with E-state index in [4.69, 9.17) is 0 Å². The molecule has 0 saturated carbocycles. The van der Waals surface area contributed by atoms with E-state index in [9.17, 15) is 0 Å². The van der Waals surface area contributed by atoms with Crippen LogP contribution in [-0.4, -0.2) is 22.5 Å². The van der Waals surface area contributed by atoms with E-state index in [0.717, 1.165) is 13.1 Å². The average molecular weight is 248 g/mol. The zero-order valence-corrected chi connectivity index (χ0v) is 11.5. The second-order valence-corrected chi connectivity index (χ2v) is 6.44. The van der Waals surface area contributed by atoms with Crippen LogP contribution < -0.4 is 5.32 Å². The van der Waals surface area contributed by atoms with Gasteiger partial charge in [-0.15, -0.1) is 0 Å².